The van der Waals surface area contributed by atoms with Gasteiger partial charge in [0, 0.05) is 16.5 Å². The maximum Gasteiger partial charge on any atom is 0.0658 e. The molecule has 6 aromatic rings. The molecular weight excluding hydrogens is 520 g/mol. The average Bonchev–Trinajstić information content (AvgIpc) is 3.39. The highest BCUT2D eigenvalue weighted by Crippen LogP contribution is 2.37. The van der Waals surface area contributed by atoms with E-state index in [-0.39, 0.29) is 0 Å². The number of allylic oxidation sites excluding steroid dienone is 6. The summed E-state index contributed by atoms with van der Waals surface area (Å²) < 4.78 is 2.36. The molecular formula is C41H34N2. The Hall–Kier alpha value is -5.47. The molecule has 0 aliphatic carbocycles. The van der Waals surface area contributed by atoms with Crippen molar-refractivity contribution in [2.75, 3.05) is 0 Å². The Bertz CT molecular complexity index is 2000. The predicted molar refractivity (Wildman–Crippen MR) is 187 cm³/mol. The van der Waals surface area contributed by atoms with Gasteiger partial charge in [0.15, 0.2) is 0 Å². The highest BCUT2D eigenvalue weighted by molar-refractivity contribution is 6.11. The van der Waals surface area contributed by atoms with E-state index in [1.54, 1.807) is 0 Å². The summed E-state index contributed by atoms with van der Waals surface area (Å²) in [4.78, 5) is 4.35. The Morgan fingerprint density at radius 1 is 0.721 bits per heavy atom. The van der Waals surface area contributed by atoms with Gasteiger partial charge in [0.2, 0.25) is 0 Å². The first kappa shape index (κ1) is 27.7. The quantitative estimate of drug-likeness (QED) is 0.125. The van der Waals surface area contributed by atoms with Gasteiger partial charge in [-0.15, -0.1) is 0 Å². The lowest BCUT2D eigenvalue weighted by atomic mass is 10.00. The minimum absolute atomic E-state index is 0.811. The zero-order valence-electron chi connectivity index (χ0n) is 24.4. The van der Waals surface area contributed by atoms with Gasteiger partial charge in [0.25, 0.3) is 0 Å². The lowest BCUT2D eigenvalue weighted by Gasteiger charge is -2.10. The van der Waals surface area contributed by atoms with Gasteiger partial charge in [-0.2, -0.15) is 0 Å². The molecule has 0 spiro atoms. The highest BCUT2D eigenvalue weighted by atomic mass is 15.0. The van der Waals surface area contributed by atoms with Crippen LogP contribution in [0.15, 0.2) is 163 Å². The molecule has 1 heterocycles. The van der Waals surface area contributed by atoms with Crippen molar-refractivity contribution in [2.24, 2.45) is 4.99 Å². The molecule has 43 heavy (non-hydrogen) atoms. The monoisotopic (exact) mass is 554 g/mol. The number of hydrogen-bond donors (Lipinski definition) is 0. The first-order valence-corrected chi connectivity index (χ1v) is 14.6. The number of benzene rings is 5. The molecule has 0 fully saturated rings. The molecule has 2 heteroatoms. The molecule has 0 amide bonds. The molecule has 5 aromatic carbocycles. The number of rotatable bonds is 9. The van der Waals surface area contributed by atoms with Crippen molar-refractivity contribution >= 4 is 39.8 Å². The van der Waals surface area contributed by atoms with Gasteiger partial charge in [-0.3, -0.25) is 4.99 Å². The van der Waals surface area contributed by atoms with Gasteiger partial charge < -0.3 is 4.57 Å². The topological polar surface area (TPSA) is 17.3 Å². The second-order valence-corrected chi connectivity index (χ2v) is 10.5. The fraction of sp³-hybridized carbons (Fsp3) is 0.0488. The van der Waals surface area contributed by atoms with Gasteiger partial charge in [0.05, 0.1) is 16.7 Å². The Balaban J connectivity index is 1.48. The second-order valence-electron chi connectivity index (χ2n) is 10.5. The fourth-order valence-corrected chi connectivity index (χ4v) is 5.73. The average molecular weight is 555 g/mol. The minimum atomic E-state index is 0.811. The van der Waals surface area contributed by atoms with Crippen LogP contribution in [-0.2, 0) is 6.42 Å². The molecule has 0 radical (unpaired) electrons. The summed E-state index contributed by atoms with van der Waals surface area (Å²) in [5, 5.41) is 2.43. The second kappa shape index (κ2) is 12.6. The third kappa shape index (κ3) is 5.68. The van der Waals surface area contributed by atoms with E-state index in [1.807, 2.05) is 19.1 Å². The van der Waals surface area contributed by atoms with E-state index in [9.17, 15) is 0 Å². The van der Waals surface area contributed by atoms with Crippen LogP contribution in [0.1, 0.15) is 23.6 Å². The molecule has 6 rings (SSSR count). The summed E-state index contributed by atoms with van der Waals surface area (Å²) in [5.41, 5.74) is 11.3. The minimum Gasteiger partial charge on any atom is -0.309 e. The lowest BCUT2D eigenvalue weighted by molar-refractivity contribution is 1.18. The number of nitrogens with zero attached hydrogens (tertiary/aromatic N) is 2. The van der Waals surface area contributed by atoms with E-state index < -0.39 is 0 Å². The van der Waals surface area contributed by atoms with Crippen LogP contribution in [0.3, 0.4) is 0 Å². The Kier molecular flexibility index (Phi) is 8.10. The Morgan fingerprint density at radius 3 is 2.05 bits per heavy atom. The molecule has 208 valence electrons. The van der Waals surface area contributed by atoms with Gasteiger partial charge >= 0.3 is 0 Å². The Labute approximate surface area is 254 Å². The summed E-state index contributed by atoms with van der Waals surface area (Å²) in [6.45, 7) is 9.82. The molecule has 0 bridgehead atoms. The SMILES string of the molecule is C=C/C=C(\C=C/C)c1ccc2c(c1)c1cc(-c3ccccc3)ccc1n2-c1ccc(/C(=C/Cc2ccccc2)N=C)cc1. The van der Waals surface area contributed by atoms with E-state index in [0.717, 1.165) is 40.0 Å². The van der Waals surface area contributed by atoms with Crippen molar-refractivity contribution in [1.82, 2.24) is 4.57 Å². The largest absolute Gasteiger partial charge is 0.309 e. The van der Waals surface area contributed by atoms with Crippen LogP contribution in [0.4, 0.5) is 0 Å². The van der Waals surface area contributed by atoms with Crippen LogP contribution >= 0.6 is 0 Å². The van der Waals surface area contributed by atoms with Crippen molar-refractivity contribution in [2.45, 2.75) is 13.3 Å². The van der Waals surface area contributed by atoms with E-state index >= 15 is 0 Å². The van der Waals surface area contributed by atoms with Crippen molar-refractivity contribution in [3.8, 4) is 16.8 Å². The van der Waals surface area contributed by atoms with Crippen LogP contribution in [0, 0.1) is 0 Å². The van der Waals surface area contributed by atoms with Crippen LogP contribution in [0.2, 0.25) is 0 Å². The summed E-state index contributed by atoms with van der Waals surface area (Å²) in [6.07, 6.45) is 11.1. The molecule has 0 N–H and O–H groups in total. The van der Waals surface area contributed by atoms with Crippen LogP contribution in [-0.4, -0.2) is 11.3 Å². The predicted octanol–water partition coefficient (Wildman–Crippen LogP) is 10.9. The van der Waals surface area contributed by atoms with Crippen molar-refractivity contribution in [3.63, 3.8) is 0 Å². The maximum atomic E-state index is 4.35. The molecule has 0 aliphatic heterocycles. The Morgan fingerprint density at radius 2 is 1.37 bits per heavy atom. The molecule has 1 aromatic heterocycles. The number of hydrogen-bond acceptors (Lipinski definition) is 1. The maximum absolute atomic E-state index is 4.35. The van der Waals surface area contributed by atoms with Gasteiger partial charge in [-0.1, -0.05) is 122 Å². The summed E-state index contributed by atoms with van der Waals surface area (Å²) in [7, 11) is 0. The number of aliphatic imine (C=N–C) groups is 1. The van der Waals surface area contributed by atoms with E-state index in [1.165, 1.54) is 33.0 Å². The third-order valence-electron chi connectivity index (χ3n) is 7.81. The molecule has 0 atom stereocenters. The van der Waals surface area contributed by atoms with Gasteiger partial charge in [-0.25, -0.2) is 0 Å². The fourth-order valence-electron chi connectivity index (χ4n) is 5.73. The van der Waals surface area contributed by atoms with Crippen LogP contribution < -0.4 is 0 Å². The van der Waals surface area contributed by atoms with Crippen molar-refractivity contribution < 1.29 is 0 Å². The standard InChI is InChI=1S/C41H34N2/c1-4-12-31(13-5-2)34-21-26-40-37(28-34)38-29-35(32-16-10-7-11-17-32)22-27-41(38)43(40)36-23-19-33(20-24-36)39(42-3)25-18-30-14-8-6-9-15-30/h4-17,19-29H,1,3,18H2,2H3/b13-5-,31-12+,39-25-. The molecule has 0 saturated heterocycles. The summed E-state index contributed by atoms with van der Waals surface area (Å²) in [5.74, 6) is 0. The van der Waals surface area contributed by atoms with E-state index in [4.69, 9.17) is 0 Å². The summed E-state index contributed by atoms with van der Waals surface area (Å²) >= 11 is 0. The van der Waals surface area contributed by atoms with E-state index in [0.29, 0.717) is 0 Å². The smallest absolute Gasteiger partial charge is 0.0658 e. The van der Waals surface area contributed by atoms with Gasteiger partial charge in [0.1, 0.15) is 0 Å². The normalized spacial score (nSPS) is 12.3. The molecule has 0 unspecified atom stereocenters. The van der Waals surface area contributed by atoms with Crippen LogP contribution in [0.25, 0.3) is 49.9 Å². The van der Waals surface area contributed by atoms with Crippen molar-refractivity contribution in [1.29, 1.82) is 0 Å². The number of aromatic nitrogens is 1. The third-order valence-corrected chi connectivity index (χ3v) is 7.81. The van der Waals surface area contributed by atoms with Gasteiger partial charge in [-0.05, 0) is 89.9 Å². The summed E-state index contributed by atoms with van der Waals surface area (Å²) in [6, 6.07) is 43.2. The van der Waals surface area contributed by atoms with Crippen molar-refractivity contribution in [3.05, 3.63) is 175 Å². The molecule has 0 aliphatic rings. The lowest BCUT2D eigenvalue weighted by Crippen LogP contribution is -1.95. The van der Waals surface area contributed by atoms with E-state index in [2.05, 4.69) is 162 Å². The first-order chi connectivity index (χ1) is 21.2. The molecule has 2 nitrogen and oxygen atoms in total. The number of fused-ring (bicyclic) bond motifs is 3. The zero-order valence-corrected chi connectivity index (χ0v) is 24.4. The zero-order chi connectivity index (χ0) is 29.6. The highest BCUT2D eigenvalue weighted by Gasteiger charge is 2.15. The van der Waals surface area contributed by atoms with Crippen LogP contribution in [0.5, 0.6) is 0 Å². The molecule has 0 saturated carbocycles. The first-order valence-electron chi connectivity index (χ1n) is 14.6.